The monoisotopic (exact) mass is 494 g/mol. The number of carboxylic acid groups (broad SMARTS) is 1. The summed E-state index contributed by atoms with van der Waals surface area (Å²) >= 11 is 0. The Labute approximate surface area is 227 Å². The maximum atomic E-state index is 10.9. The number of nitrogens with one attached hydrogen (secondary N) is 4. The number of aromatic nitrogens is 4. The second-order valence-corrected chi connectivity index (χ2v) is 8.33. The summed E-state index contributed by atoms with van der Waals surface area (Å²) in [5.41, 5.74) is -1.65. The van der Waals surface area contributed by atoms with Crippen molar-refractivity contribution in [2.75, 3.05) is 0 Å². The Bertz CT molecular complexity index is 942. The van der Waals surface area contributed by atoms with Gasteiger partial charge in [-0.25, -0.2) is 9.59 Å². The molecule has 0 amide bonds. The first kappa shape index (κ1) is 31.7. The average Bonchev–Trinajstić information content (AvgIpc) is 3.11. The first-order valence-electron chi connectivity index (χ1n) is 12.1. The molecule has 2 aromatic rings. The van der Waals surface area contributed by atoms with E-state index in [9.17, 15) is 19.2 Å². The summed E-state index contributed by atoms with van der Waals surface area (Å²) in [5.74, 6) is -0.653. The van der Waals surface area contributed by atoms with Crippen molar-refractivity contribution in [1.82, 2.24) is 19.9 Å². The summed E-state index contributed by atoms with van der Waals surface area (Å²) < 4.78 is 0. The van der Waals surface area contributed by atoms with Crippen LogP contribution in [0.3, 0.4) is 0 Å². The molecule has 0 unspecified atom stereocenters. The van der Waals surface area contributed by atoms with Crippen molar-refractivity contribution in [2.45, 2.75) is 110 Å². The van der Waals surface area contributed by atoms with E-state index < -0.39 is 22.9 Å². The largest absolute Gasteiger partial charge is 2.00 e. The van der Waals surface area contributed by atoms with Crippen molar-refractivity contribution in [3.05, 3.63) is 31.3 Å². The SMILES string of the molecule is CCCCCCCCCCCCCCCCCC(=O)O.O=c1[nH]c(=O)c2[nH]c(=O)[nH]c2[nH]1.[Ca+2].[H-].[H-]. The molecule has 186 valence electrons. The van der Waals surface area contributed by atoms with Crippen LogP contribution in [0.15, 0.2) is 14.4 Å². The Morgan fingerprint density at radius 1 is 0.667 bits per heavy atom. The van der Waals surface area contributed by atoms with Crippen molar-refractivity contribution in [3.63, 3.8) is 0 Å². The van der Waals surface area contributed by atoms with E-state index in [0.717, 1.165) is 12.8 Å². The summed E-state index contributed by atoms with van der Waals surface area (Å²) in [7, 11) is 0. The van der Waals surface area contributed by atoms with Crippen LogP contribution in [0.25, 0.3) is 11.2 Å². The van der Waals surface area contributed by atoms with Gasteiger partial charge in [0.25, 0.3) is 5.56 Å². The van der Waals surface area contributed by atoms with Crippen LogP contribution in [-0.2, 0) is 4.79 Å². The normalized spacial score (nSPS) is 10.5. The van der Waals surface area contributed by atoms with Crippen LogP contribution in [0, 0.1) is 0 Å². The van der Waals surface area contributed by atoms with Gasteiger partial charge in [-0.05, 0) is 6.42 Å². The molecule has 33 heavy (non-hydrogen) atoms. The second-order valence-electron chi connectivity index (χ2n) is 8.33. The minimum atomic E-state index is -0.653. The van der Waals surface area contributed by atoms with Gasteiger partial charge in [-0.15, -0.1) is 0 Å². The average molecular weight is 495 g/mol. The fourth-order valence-electron chi connectivity index (χ4n) is 3.61. The van der Waals surface area contributed by atoms with E-state index in [-0.39, 0.29) is 51.8 Å². The molecule has 10 heteroatoms. The molecule has 2 heterocycles. The second kappa shape index (κ2) is 20.1. The zero-order valence-corrected chi connectivity index (χ0v) is 22.3. The number of aromatic amines is 4. The Morgan fingerprint density at radius 3 is 1.48 bits per heavy atom. The fraction of sp³-hybridized carbons (Fsp3) is 0.739. The summed E-state index contributed by atoms with van der Waals surface area (Å²) in [4.78, 5) is 51.3. The number of carboxylic acids is 1. The molecule has 0 saturated heterocycles. The van der Waals surface area contributed by atoms with Gasteiger partial charge >= 0.3 is 55.1 Å². The van der Waals surface area contributed by atoms with Crippen molar-refractivity contribution in [1.29, 1.82) is 0 Å². The number of H-pyrrole nitrogens is 4. The van der Waals surface area contributed by atoms with Crippen LogP contribution < -0.4 is 16.9 Å². The molecule has 0 fully saturated rings. The predicted octanol–water partition coefficient (Wildman–Crippen LogP) is 4.41. The fourth-order valence-corrected chi connectivity index (χ4v) is 3.61. The molecule has 0 aliphatic carbocycles. The summed E-state index contributed by atoms with van der Waals surface area (Å²) in [6.07, 6.45) is 20.2. The van der Waals surface area contributed by atoms with E-state index in [4.69, 9.17) is 5.11 Å². The van der Waals surface area contributed by atoms with Gasteiger partial charge in [0.15, 0.2) is 0 Å². The van der Waals surface area contributed by atoms with Crippen molar-refractivity contribution in [3.8, 4) is 0 Å². The van der Waals surface area contributed by atoms with E-state index in [1.807, 2.05) is 4.98 Å². The van der Waals surface area contributed by atoms with Crippen LogP contribution in [0.5, 0.6) is 0 Å². The Balaban J connectivity index is -0.000000586. The number of carbonyl (C=O) groups is 1. The zero-order chi connectivity index (χ0) is 23.6. The maximum Gasteiger partial charge on any atom is 2.00 e. The van der Waals surface area contributed by atoms with Gasteiger partial charge < -0.3 is 7.96 Å². The van der Waals surface area contributed by atoms with Crippen LogP contribution in [0.2, 0.25) is 0 Å². The molecule has 0 bridgehead atoms. The van der Waals surface area contributed by atoms with Gasteiger partial charge in [0.1, 0.15) is 11.2 Å². The molecule has 5 N–H and O–H groups in total. The van der Waals surface area contributed by atoms with E-state index >= 15 is 0 Å². The molecule has 2 aromatic heterocycles. The Morgan fingerprint density at radius 2 is 1.06 bits per heavy atom. The minimum absolute atomic E-state index is 0. The van der Waals surface area contributed by atoms with E-state index in [1.54, 1.807) is 0 Å². The molecular formula is C23H42CaN4O5. The Hall–Kier alpha value is -1.32. The standard InChI is InChI=1S/C18H36O2.C5H4N4O3.Ca.2H/c1-2-3-4-5-6-7-8-9-10-11-12-13-14-15-16-17-18(19)20;10-3-1-2(7-4(11)6-1)8-5(12)9-3;;;/h2-17H2,1H3,(H,19,20);(H4,6,7,8,9,10,11,12);;;/q;;+2;2*-1. The molecule has 0 aliphatic heterocycles. The zero-order valence-electron chi connectivity index (χ0n) is 22.1. The molecule has 0 radical (unpaired) electrons. The molecule has 0 aliphatic rings. The summed E-state index contributed by atoms with van der Waals surface area (Å²) in [5, 5.41) is 8.52. The third-order valence-electron chi connectivity index (χ3n) is 5.41. The first-order chi connectivity index (χ1) is 15.4. The number of fused-ring (bicyclic) bond motifs is 1. The van der Waals surface area contributed by atoms with E-state index in [1.165, 1.54) is 83.5 Å². The molecule has 0 atom stereocenters. The summed E-state index contributed by atoms with van der Waals surface area (Å²) in [6.45, 7) is 2.27. The molecule has 0 spiro atoms. The smallest absolute Gasteiger partial charge is 1.00 e. The van der Waals surface area contributed by atoms with Crippen LogP contribution in [0.4, 0.5) is 0 Å². The number of aliphatic carboxylic acids is 1. The van der Waals surface area contributed by atoms with Crippen LogP contribution >= 0.6 is 0 Å². The third kappa shape index (κ3) is 16.0. The molecule has 2 rings (SSSR count). The Kier molecular flexibility index (Phi) is 19.3. The topological polar surface area (TPSA) is 152 Å². The molecule has 0 aromatic carbocycles. The molecular weight excluding hydrogens is 452 g/mol. The minimum Gasteiger partial charge on any atom is -1.00 e. The van der Waals surface area contributed by atoms with Crippen molar-refractivity contribution in [2.24, 2.45) is 0 Å². The number of imidazole rings is 1. The number of unbranched alkanes of at least 4 members (excludes halogenated alkanes) is 14. The van der Waals surface area contributed by atoms with Gasteiger partial charge in [-0.3, -0.25) is 29.5 Å². The van der Waals surface area contributed by atoms with E-state index in [0.29, 0.717) is 6.42 Å². The van der Waals surface area contributed by atoms with Gasteiger partial charge in [0.2, 0.25) is 0 Å². The summed E-state index contributed by atoms with van der Waals surface area (Å²) in [6, 6.07) is 0. The van der Waals surface area contributed by atoms with Gasteiger partial charge in [0.05, 0.1) is 0 Å². The molecule has 0 saturated carbocycles. The third-order valence-corrected chi connectivity index (χ3v) is 5.41. The first-order valence-corrected chi connectivity index (χ1v) is 12.1. The predicted molar refractivity (Wildman–Crippen MR) is 135 cm³/mol. The van der Waals surface area contributed by atoms with E-state index in [2.05, 4.69) is 21.9 Å². The number of hydrogen-bond donors (Lipinski definition) is 5. The van der Waals surface area contributed by atoms with Crippen molar-refractivity contribution >= 4 is 54.9 Å². The number of rotatable bonds is 16. The molecule has 9 nitrogen and oxygen atoms in total. The van der Waals surface area contributed by atoms with Crippen molar-refractivity contribution < 1.29 is 12.8 Å². The quantitative estimate of drug-likeness (QED) is 0.173. The maximum absolute atomic E-state index is 10.9. The number of hydrogen-bond acceptors (Lipinski definition) is 4. The van der Waals surface area contributed by atoms with Gasteiger partial charge in [-0.1, -0.05) is 96.8 Å². The van der Waals surface area contributed by atoms with Gasteiger partial charge in [-0.2, -0.15) is 0 Å². The van der Waals surface area contributed by atoms with Gasteiger partial charge in [0, 0.05) is 6.42 Å². The van der Waals surface area contributed by atoms with Crippen LogP contribution in [-0.4, -0.2) is 68.7 Å². The van der Waals surface area contributed by atoms with Crippen LogP contribution in [0.1, 0.15) is 113 Å².